The molecule has 2 aromatic heterocycles. The molecule has 1 amide bonds. The summed E-state index contributed by atoms with van der Waals surface area (Å²) in [4.78, 5) is 16.3. The van der Waals surface area contributed by atoms with Crippen molar-refractivity contribution in [1.29, 1.82) is 0 Å². The van der Waals surface area contributed by atoms with Gasteiger partial charge in [0.05, 0.1) is 18.8 Å². The number of thiazole rings is 1. The van der Waals surface area contributed by atoms with Crippen molar-refractivity contribution in [1.82, 2.24) is 20.5 Å². The first-order chi connectivity index (χ1) is 9.60. The maximum atomic E-state index is 11.9. The number of methoxy groups -OCH3 is 1. The Hall–Kier alpha value is -1.38. The number of carbonyl (C=O) groups is 1. The zero-order chi connectivity index (χ0) is 14.5. The topological polar surface area (TPSA) is 77.0 Å². The SMILES string of the molecule is COCc1nc(CNC(=O)c2nnc(C(C)C)s2)cs1. The molecule has 0 aliphatic rings. The molecule has 6 nitrogen and oxygen atoms in total. The number of carbonyl (C=O) groups excluding carboxylic acids is 1. The lowest BCUT2D eigenvalue weighted by Gasteiger charge is -1.99. The predicted octanol–water partition coefficient (Wildman–Crippen LogP) is 2.19. The van der Waals surface area contributed by atoms with Gasteiger partial charge in [-0.2, -0.15) is 0 Å². The standard InChI is InChI=1S/C12H16N4O2S2/c1-7(2)11-15-16-12(20-11)10(17)13-4-8-6-19-9(14-8)5-18-3/h6-7H,4-5H2,1-3H3,(H,13,17). The van der Waals surface area contributed by atoms with Crippen LogP contribution in [0.15, 0.2) is 5.38 Å². The van der Waals surface area contributed by atoms with Crippen molar-refractivity contribution < 1.29 is 9.53 Å². The molecule has 0 atom stereocenters. The van der Waals surface area contributed by atoms with Crippen molar-refractivity contribution in [2.75, 3.05) is 7.11 Å². The van der Waals surface area contributed by atoms with Crippen molar-refractivity contribution in [3.05, 3.63) is 26.1 Å². The minimum Gasteiger partial charge on any atom is -0.378 e. The Labute approximate surface area is 125 Å². The second-order valence-electron chi connectivity index (χ2n) is 4.45. The van der Waals surface area contributed by atoms with Crippen molar-refractivity contribution in [3.8, 4) is 0 Å². The van der Waals surface area contributed by atoms with E-state index >= 15 is 0 Å². The fraction of sp³-hybridized carbons (Fsp3) is 0.500. The van der Waals surface area contributed by atoms with E-state index in [9.17, 15) is 4.79 Å². The Bertz CT molecular complexity index is 580. The quantitative estimate of drug-likeness (QED) is 0.885. The number of ether oxygens (including phenoxy) is 1. The average molecular weight is 312 g/mol. The van der Waals surface area contributed by atoms with E-state index in [2.05, 4.69) is 20.5 Å². The summed E-state index contributed by atoms with van der Waals surface area (Å²) in [5.41, 5.74) is 0.823. The third kappa shape index (κ3) is 3.81. The summed E-state index contributed by atoms with van der Waals surface area (Å²) < 4.78 is 5.01. The number of hydrogen-bond donors (Lipinski definition) is 1. The van der Waals surface area contributed by atoms with Gasteiger partial charge in [-0.05, 0) is 0 Å². The van der Waals surface area contributed by atoms with Crippen LogP contribution in [0.3, 0.4) is 0 Å². The monoisotopic (exact) mass is 312 g/mol. The molecular formula is C12H16N4O2S2. The minimum absolute atomic E-state index is 0.212. The Morgan fingerprint density at radius 1 is 1.45 bits per heavy atom. The first kappa shape index (κ1) is 15.0. The van der Waals surface area contributed by atoms with Gasteiger partial charge >= 0.3 is 0 Å². The maximum absolute atomic E-state index is 11.9. The predicted molar refractivity (Wildman–Crippen MR) is 78.0 cm³/mol. The van der Waals surface area contributed by atoms with Gasteiger partial charge in [0.1, 0.15) is 10.0 Å². The number of nitrogens with zero attached hydrogens (tertiary/aromatic N) is 3. The first-order valence-corrected chi connectivity index (χ1v) is 7.83. The van der Waals surface area contributed by atoms with Gasteiger partial charge < -0.3 is 10.1 Å². The largest absolute Gasteiger partial charge is 0.378 e. The van der Waals surface area contributed by atoms with Crippen LogP contribution in [0.1, 0.15) is 45.3 Å². The van der Waals surface area contributed by atoms with Gasteiger partial charge in [0, 0.05) is 18.4 Å². The van der Waals surface area contributed by atoms with Crippen molar-refractivity contribution in [2.45, 2.75) is 32.9 Å². The zero-order valence-electron chi connectivity index (χ0n) is 11.5. The first-order valence-electron chi connectivity index (χ1n) is 6.14. The van der Waals surface area contributed by atoms with E-state index in [1.54, 1.807) is 7.11 Å². The molecule has 0 fully saturated rings. The van der Waals surface area contributed by atoms with E-state index in [0.717, 1.165) is 15.7 Å². The summed E-state index contributed by atoms with van der Waals surface area (Å²) in [5, 5.41) is 14.8. The molecule has 0 saturated heterocycles. The highest BCUT2D eigenvalue weighted by atomic mass is 32.1. The van der Waals surface area contributed by atoms with Gasteiger partial charge in [-0.15, -0.1) is 21.5 Å². The van der Waals surface area contributed by atoms with Crippen LogP contribution in [0.25, 0.3) is 0 Å². The van der Waals surface area contributed by atoms with Crippen LogP contribution in [0.2, 0.25) is 0 Å². The van der Waals surface area contributed by atoms with E-state index in [-0.39, 0.29) is 11.8 Å². The molecule has 0 bridgehead atoms. The molecule has 0 unspecified atom stereocenters. The number of rotatable bonds is 6. The smallest absolute Gasteiger partial charge is 0.282 e. The highest BCUT2D eigenvalue weighted by Gasteiger charge is 2.14. The molecule has 0 radical (unpaired) electrons. The highest BCUT2D eigenvalue weighted by molar-refractivity contribution is 7.13. The van der Waals surface area contributed by atoms with E-state index in [1.165, 1.54) is 22.7 Å². The van der Waals surface area contributed by atoms with E-state index < -0.39 is 0 Å². The van der Waals surface area contributed by atoms with Gasteiger partial charge in [-0.1, -0.05) is 25.2 Å². The van der Waals surface area contributed by atoms with Gasteiger partial charge in [0.25, 0.3) is 5.91 Å². The molecule has 8 heteroatoms. The summed E-state index contributed by atoms with van der Waals surface area (Å²) in [6.07, 6.45) is 0. The fourth-order valence-corrected chi connectivity index (χ4v) is 2.95. The molecule has 0 aliphatic heterocycles. The van der Waals surface area contributed by atoms with Gasteiger partial charge in [-0.3, -0.25) is 4.79 Å². The van der Waals surface area contributed by atoms with Gasteiger partial charge in [0.2, 0.25) is 5.01 Å². The summed E-state index contributed by atoms with van der Waals surface area (Å²) in [5.74, 6) is 0.0693. The van der Waals surface area contributed by atoms with Crippen LogP contribution in [0.4, 0.5) is 0 Å². The molecule has 0 aliphatic carbocycles. The molecule has 0 aromatic carbocycles. The number of amides is 1. The Kier molecular flexibility index (Phi) is 5.16. The summed E-state index contributed by atoms with van der Waals surface area (Å²) >= 11 is 2.84. The number of aromatic nitrogens is 3. The normalized spacial score (nSPS) is 11.0. The summed E-state index contributed by atoms with van der Waals surface area (Å²) in [7, 11) is 1.63. The van der Waals surface area contributed by atoms with Gasteiger partial charge in [0.15, 0.2) is 0 Å². The lowest BCUT2D eigenvalue weighted by atomic mass is 10.2. The molecule has 2 aromatic rings. The lowest BCUT2D eigenvalue weighted by Crippen LogP contribution is -2.22. The highest BCUT2D eigenvalue weighted by Crippen LogP contribution is 2.18. The Morgan fingerprint density at radius 3 is 2.90 bits per heavy atom. The summed E-state index contributed by atoms with van der Waals surface area (Å²) in [6, 6.07) is 0. The Morgan fingerprint density at radius 2 is 2.25 bits per heavy atom. The van der Waals surface area contributed by atoms with Crippen molar-refractivity contribution in [3.63, 3.8) is 0 Å². The minimum atomic E-state index is -0.212. The number of nitrogens with one attached hydrogen (secondary N) is 1. The molecule has 0 saturated carbocycles. The van der Waals surface area contributed by atoms with Crippen LogP contribution in [-0.4, -0.2) is 28.2 Å². The molecule has 1 N–H and O–H groups in total. The lowest BCUT2D eigenvalue weighted by molar-refractivity contribution is 0.0949. The van der Waals surface area contributed by atoms with Crippen LogP contribution < -0.4 is 5.32 Å². The molecular weight excluding hydrogens is 296 g/mol. The van der Waals surface area contributed by atoms with Crippen LogP contribution in [0.5, 0.6) is 0 Å². The third-order valence-electron chi connectivity index (χ3n) is 2.43. The molecule has 0 spiro atoms. The van der Waals surface area contributed by atoms with E-state index in [1.807, 2.05) is 19.2 Å². The van der Waals surface area contributed by atoms with E-state index in [0.29, 0.717) is 18.2 Å². The second-order valence-corrected chi connectivity index (χ2v) is 6.40. The van der Waals surface area contributed by atoms with Crippen LogP contribution in [0, 0.1) is 0 Å². The van der Waals surface area contributed by atoms with Gasteiger partial charge in [-0.25, -0.2) is 4.98 Å². The molecule has 20 heavy (non-hydrogen) atoms. The Balaban J connectivity index is 1.90. The zero-order valence-corrected chi connectivity index (χ0v) is 13.2. The van der Waals surface area contributed by atoms with Crippen LogP contribution in [-0.2, 0) is 17.9 Å². The fourth-order valence-electron chi connectivity index (χ4n) is 1.43. The third-order valence-corrected chi connectivity index (χ3v) is 4.52. The van der Waals surface area contributed by atoms with E-state index in [4.69, 9.17) is 4.74 Å². The average Bonchev–Trinajstić information content (AvgIpc) is 3.05. The number of hydrogen-bond acceptors (Lipinski definition) is 7. The molecule has 108 valence electrons. The molecule has 2 heterocycles. The molecule has 2 rings (SSSR count). The maximum Gasteiger partial charge on any atom is 0.282 e. The van der Waals surface area contributed by atoms with Crippen molar-refractivity contribution >= 4 is 28.6 Å². The second kappa shape index (κ2) is 6.87. The van der Waals surface area contributed by atoms with Crippen LogP contribution >= 0.6 is 22.7 Å². The van der Waals surface area contributed by atoms with Crippen molar-refractivity contribution in [2.24, 2.45) is 0 Å². The summed E-state index contributed by atoms with van der Waals surface area (Å²) in [6.45, 7) is 4.92.